The van der Waals surface area contributed by atoms with Crippen LogP contribution in [0.1, 0.15) is 25.6 Å². The Kier molecular flexibility index (Phi) is 4.83. The van der Waals surface area contributed by atoms with Crippen LogP contribution in [0.15, 0.2) is 38.2 Å². The number of hydrogen-bond donors (Lipinski definition) is 0. The number of aromatic nitrogens is 2. The smallest absolute Gasteiger partial charge is 0.237 e. The molecular formula is C13H15BrN2OS. The Morgan fingerprint density at radius 3 is 2.67 bits per heavy atom. The fraction of sp³-hybridized carbons (Fsp3) is 0.385. The van der Waals surface area contributed by atoms with Gasteiger partial charge in [-0.3, -0.25) is 0 Å². The molecule has 0 radical (unpaired) electrons. The molecule has 0 aliphatic rings. The highest BCUT2D eigenvalue weighted by Crippen LogP contribution is 2.23. The highest BCUT2D eigenvalue weighted by molar-refractivity contribution is 9.10. The quantitative estimate of drug-likeness (QED) is 0.767. The average Bonchev–Trinajstić information content (AvgIpc) is 2.75. The molecule has 5 heteroatoms. The zero-order chi connectivity index (χ0) is 13.0. The summed E-state index contributed by atoms with van der Waals surface area (Å²) in [6.07, 6.45) is 0.868. The number of thioether (sulfide) groups is 1. The van der Waals surface area contributed by atoms with Gasteiger partial charge in [-0.25, -0.2) is 0 Å². The van der Waals surface area contributed by atoms with E-state index >= 15 is 0 Å². The van der Waals surface area contributed by atoms with Crippen molar-refractivity contribution in [1.82, 2.24) is 10.1 Å². The fourth-order valence-electron chi connectivity index (χ4n) is 1.47. The van der Waals surface area contributed by atoms with Crippen molar-refractivity contribution in [3.8, 4) is 0 Å². The Labute approximate surface area is 119 Å². The normalized spacial score (nSPS) is 11.1. The third kappa shape index (κ3) is 4.14. The first-order chi connectivity index (χ1) is 8.63. The van der Waals surface area contributed by atoms with Crippen LogP contribution >= 0.6 is 27.7 Å². The molecule has 3 nitrogen and oxygen atoms in total. The maximum Gasteiger partial charge on any atom is 0.237 e. The maximum atomic E-state index is 5.22. The first kappa shape index (κ1) is 13.6. The predicted octanol–water partition coefficient (Wildman–Crippen LogP) is 4.32. The lowest BCUT2D eigenvalue weighted by Gasteiger charge is -1.98. The molecule has 0 amide bonds. The molecule has 96 valence electrons. The van der Waals surface area contributed by atoms with Gasteiger partial charge in [-0.15, -0.1) is 11.8 Å². The summed E-state index contributed by atoms with van der Waals surface area (Å²) in [5.41, 5.74) is 0. The zero-order valence-corrected chi connectivity index (χ0v) is 12.8. The van der Waals surface area contributed by atoms with Crippen molar-refractivity contribution in [2.45, 2.75) is 30.9 Å². The number of hydrogen-bond acceptors (Lipinski definition) is 4. The van der Waals surface area contributed by atoms with Crippen molar-refractivity contribution in [2.75, 3.05) is 0 Å². The van der Waals surface area contributed by atoms with E-state index in [0.717, 1.165) is 16.7 Å². The van der Waals surface area contributed by atoms with Crippen molar-refractivity contribution >= 4 is 27.7 Å². The van der Waals surface area contributed by atoms with Crippen LogP contribution in [0.2, 0.25) is 0 Å². The molecule has 0 unspecified atom stereocenters. The maximum absolute atomic E-state index is 5.22. The molecule has 2 rings (SSSR count). The van der Waals surface area contributed by atoms with Crippen LogP contribution in [-0.2, 0) is 12.2 Å². The summed E-state index contributed by atoms with van der Waals surface area (Å²) in [6, 6.07) is 8.20. The van der Waals surface area contributed by atoms with Gasteiger partial charge in [0.2, 0.25) is 5.89 Å². The summed E-state index contributed by atoms with van der Waals surface area (Å²) < 4.78 is 6.31. The summed E-state index contributed by atoms with van der Waals surface area (Å²) in [6.45, 7) is 4.29. The number of rotatable bonds is 5. The molecule has 1 aromatic heterocycles. The summed E-state index contributed by atoms with van der Waals surface area (Å²) in [5, 5.41) is 3.98. The van der Waals surface area contributed by atoms with Gasteiger partial charge in [0.25, 0.3) is 0 Å². The van der Waals surface area contributed by atoms with Crippen LogP contribution in [0.5, 0.6) is 0 Å². The van der Waals surface area contributed by atoms with E-state index in [1.807, 2.05) is 12.1 Å². The Balaban J connectivity index is 1.90. The Morgan fingerprint density at radius 2 is 2.00 bits per heavy atom. The van der Waals surface area contributed by atoms with Crippen LogP contribution in [-0.4, -0.2) is 10.1 Å². The van der Waals surface area contributed by atoms with Crippen LogP contribution in [0.3, 0.4) is 0 Å². The lowest BCUT2D eigenvalue weighted by molar-refractivity contribution is 0.382. The molecule has 0 fully saturated rings. The lowest BCUT2D eigenvalue weighted by Crippen LogP contribution is -1.96. The number of benzene rings is 1. The minimum Gasteiger partial charge on any atom is -0.338 e. The van der Waals surface area contributed by atoms with E-state index in [4.69, 9.17) is 4.52 Å². The predicted molar refractivity (Wildman–Crippen MR) is 76.5 cm³/mol. The van der Waals surface area contributed by atoms with Gasteiger partial charge in [0.1, 0.15) is 0 Å². The van der Waals surface area contributed by atoms with Crippen LogP contribution in [0.25, 0.3) is 0 Å². The topological polar surface area (TPSA) is 38.9 Å². The molecule has 0 atom stereocenters. The van der Waals surface area contributed by atoms with Crippen molar-refractivity contribution in [3.05, 3.63) is 40.5 Å². The molecule has 18 heavy (non-hydrogen) atoms. The van der Waals surface area contributed by atoms with Gasteiger partial charge in [0.05, 0.1) is 5.75 Å². The average molecular weight is 327 g/mol. The summed E-state index contributed by atoms with van der Waals surface area (Å²) >= 11 is 5.11. The van der Waals surface area contributed by atoms with E-state index in [1.165, 1.54) is 4.90 Å². The number of halogens is 1. The molecule has 0 bridgehead atoms. The highest BCUT2D eigenvalue weighted by Gasteiger charge is 2.08. The molecule has 1 aromatic carbocycles. The van der Waals surface area contributed by atoms with Crippen molar-refractivity contribution < 1.29 is 4.52 Å². The molecule has 0 saturated heterocycles. The Bertz CT molecular complexity index is 496. The molecule has 0 N–H and O–H groups in total. The summed E-state index contributed by atoms with van der Waals surface area (Å²) in [7, 11) is 0. The van der Waals surface area contributed by atoms with Gasteiger partial charge in [-0.2, -0.15) is 4.98 Å². The van der Waals surface area contributed by atoms with Gasteiger partial charge in [0.15, 0.2) is 5.82 Å². The van der Waals surface area contributed by atoms with E-state index in [1.54, 1.807) is 11.8 Å². The summed E-state index contributed by atoms with van der Waals surface area (Å²) in [4.78, 5) is 5.57. The monoisotopic (exact) mass is 326 g/mol. The molecule has 0 spiro atoms. The third-order valence-electron chi connectivity index (χ3n) is 2.28. The van der Waals surface area contributed by atoms with Gasteiger partial charge in [0, 0.05) is 15.8 Å². The van der Waals surface area contributed by atoms with Crippen LogP contribution in [0, 0.1) is 5.92 Å². The SMILES string of the molecule is CC(C)Cc1noc(CSc2ccc(Br)cc2)n1. The summed E-state index contributed by atoms with van der Waals surface area (Å²) in [5.74, 6) is 2.76. The van der Waals surface area contributed by atoms with E-state index < -0.39 is 0 Å². The second-order valence-corrected chi connectivity index (χ2v) is 6.41. The van der Waals surface area contributed by atoms with E-state index in [-0.39, 0.29) is 0 Å². The second-order valence-electron chi connectivity index (χ2n) is 4.44. The molecule has 0 aliphatic heterocycles. The van der Waals surface area contributed by atoms with Gasteiger partial charge in [-0.1, -0.05) is 34.9 Å². The molecule has 0 saturated carbocycles. The van der Waals surface area contributed by atoms with Gasteiger partial charge >= 0.3 is 0 Å². The Hall–Kier alpha value is -0.810. The Morgan fingerprint density at radius 1 is 1.28 bits per heavy atom. The van der Waals surface area contributed by atoms with E-state index in [0.29, 0.717) is 17.6 Å². The largest absolute Gasteiger partial charge is 0.338 e. The minimum atomic E-state index is 0.551. The van der Waals surface area contributed by atoms with E-state index in [2.05, 4.69) is 52.1 Å². The van der Waals surface area contributed by atoms with Crippen molar-refractivity contribution in [1.29, 1.82) is 0 Å². The third-order valence-corrected chi connectivity index (χ3v) is 3.80. The first-order valence-electron chi connectivity index (χ1n) is 5.83. The van der Waals surface area contributed by atoms with Crippen molar-refractivity contribution in [2.24, 2.45) is 5.92 Å². The van der Waals surface area contributed by atoms with Gasteiger partial charge in [-0.05, 0) is 30.2 Å². The second kappa shape index (κ2) is 6.38. The first-order valence-corrected chi connectivity index (χ1v) is 7.61. The zero-order valence-electron chi connectivity index (χ0n) is 10.4. The fourth-order valence-corrected chi connectivity index (χ4v) is 2.47. The lowest BCUT2D eigenvalue weighted by atomic mass is 10.1. The molecule has 1 heterocycles. The van der Waals surface area contributed by atoms with Crippen LogP contribution in [0.4, 0.5) is 0 Å². The molecule has 0 aliphatic carbocycles. The van der Waals surface area contributed by atoms with Crippen LogP contribution < -0.4 is 0 Å². The van der Waals surface area contributed by atoms with E-state index in [9.17, 15) is 0 Å². The number of nitrogens with zero attached hydrogens (tertiary/aromatic N) is 2. The standard InChI is InChI=1S/C13H15BrN2OS/c1-9(2)7-12-15-13(17-16-12)8-18-11-5-3-10(14)4-6-11/h3-6,9H,7-8H2,1-2H3. The molecular weight excluding hydrogens is 312 g/mol. The van der Waals surface area contributed by atoms with Gasteiger partial charge < -0.3 is 4.52 Å². The highest BCUT2D eigenvalue weighted by atomic mass is 79.9. The minimum absolute atomic E-state index is 0.551. The molecule has 2 aromatic rings. The van der Waals surface area contributed by atoms with Crippen molar-refractivity contribution in [3.63, 3.8) is 0 Å².